The van der Waals surface area contributed by atoms with E-state index in [-0.39, 0.29) is 6.04 Å². The van der Waals surface area contributed by atoms with Gasteiger partial charge >= 0.3 is 0 Å². The molecule has 4 heteroatoms. The predicted molar refractivity (Wildman–Crippen MR) is 131 cm³/mol. The van der Waals surface area contributed by atoms with Crippen molar-refractivity contribution in [3.05, 3.63) is 71.3 Å². The van der Waals surface area contributed by atoms with Crippen LogP contribution in [0.4, 0.5) is 0 Å². The number of aryl methyl sites for hydroxylation is 1. The van der Waals surface area contributed by atoms with Crippen LogP contribution in [-0.2, 0) is 17.9 Å². The zero-order valence-corrected chi connectivity index (χ0v) is 19.8. The molecule has 0 radical (unpaired) electrons. The number of hydrogen-bond donors (Lipinski definition) is 1. The third-order valence-electron chi connectivity index (χ3n) is 7.41. The monoisotopic (exact) mass is 433 g/mol. The first-order valence-corrected chi connectivity index (χ1v) is 12.4. The molecule has 0 aromatic heterocycles. The van der Waals surface area contributed by atoms with E-state index in [9.17, 15) is 4.79 Å². The van der Waals surface area contributed by atoms with Crippen molar-refractivity contribution in [2.75, 3.05) is 20.1 Å². The molecule has 2 aliphatic rings. The second-order valence-corrected chi connectivity index (χ2v) is 9.83. The maximum Gasteiger partial charge on any atom is 0.241 e. The highest BCUT2D eigenvalue weighted by Gasteiger charge is 2.38. The molecule has 3 atom stereocenters. The number of nitrogens with zero attached hydrogens (tertiary/aromatic N) is 2. The van der Waals surface area contributed by atoms with E-state index in [0.717, 1.165) is 26.1 Å². The van der Waals surface area contributed by atoms with Crippen molar-refractivity contribution in [3.8, 4) is 0 Å². The van der Waals surface area contributed by atoms with E-state index in [1.165, 1.54) is 48.8 Å². The molecule has 0 unspecified atom stereocenters. The maximum atomic E-state index is 13.9. The Bertz CT molecular complexity index is 866. The summed E-state index contributed by atoms with van der Waals surface area (Å²) in [6.07, 6.45) is 7.52. The lowest BCUT2D eigenvalue weighted by Crippen LogP contribution is -2.57. The highest BCUT2D eigenvalue weighted by molar-refractivity contribution is 5.82. The third-order valence-corrected chi connectivity index (χ3v) is 7.41. The van der Waals surface area contributed by atoms with Gasteiger partial charge in [0, 0.05) is 32.2 Å². The summed E-state index contributed by atoms with van der Waals surface area (Å²) in [5, 5.41) is 3.65. The number of piperidine rings is 1. The first kappa shape index (κ1) is 23.0. The van der Waals surface area contributed by atoms with Gasteiger partial charge in [0.1, 0.15) is 0 Å². The van der Waals surface area contributed by atoms with E-state index in [1.54, 1.807) is 0 Å². The molecular weight excluding hydrogens is 394 g/mol. The van der Waals surface area contributed by atoms with Gasteiger partial charge in [-0.2, -0.15) is 0 Å². The van der Waals surface area contributed by atoms with Crippen LogP contribution in [0, 0.1) is 12.8 Å². The Labute approximate surface area is 194 Å². The molecule has 32 heavy (non-hydrogen) atoms. The molecule has 1 saturated carbocycles. The normalized spacial score (nSPS) is 21.9. The number of nitrogens with one attached hydrogen (secondary N) is 1. The first-order valence-electron chi connectivity index (χ1n) is 12.4. The number of amides is 1. The summed E-state index contributed by atoms with van der Waals surface area (Å²) >= 11 is 0. The van der Waals surface area contributed by atoms with Crippen molar-refractivity contribution >= 4 is 5.91 Å². The molecule has 4 rings (SSSR count). The molecule has 4 nitrogen and oxygen atoms in total. The average Bonchev–Trinajstić information content (AvgIpc) is 2.82. The van der Waals surface area contributed by atoms with Crippen LogP contribution in [0.2, 0.25) is 0 Å². The lowest BCUT2D eigenvalue weighted by molar-refractivity contribution is -0.140. The van der Waals surface area contributed by atoms with Gasteiger partial charge in [-0.1, -0.05) is 67.4 Å². The molecule has 1 N–H and O–H groups in total. The Morgan fingerprint density at radius 3 is 2.56 bits per heavy atom. The largest absolute Gasteiger partial charge is 0.338 e. The third kappa shape index (κ3) is 5.79. The molecule has 1 aliphatic heterocycles. The van der Waals surface area contributed by atoms with Gasteiger partial charge in [-0.15, -0.1) is 0 Å². The van der Waals surface area contributed by atoms with Gasteiger partial charge in [0.05, 0.1) is 6.04 Å². The standard InChI is InChI=1S/C28H39N3O/c1-22-11-6-7-15-25(22)19-29-26(21-30(2)20-23-12-4-3-5-13-23)28(32)31-18-10-16-24-14-8-9-17-27(24)31/h3-7,11-13,15,24,26-27,29H,8-10,14,16-21H2,1-2H3/t24-,26-,27+/m1/s1. The van der Waals surface area contributed by atoms with Crippen LogP contribution in [-0.4, -0.2) is 47.9 Å². The van der Waals surface area contributed by atoms with Crippen molar-refractivity contribution < 1.29 is 4.79 Å². The highest BCUT2D eigenvalue weighted by Crippen LogP contribution is 2.35. The number of benzene rings is 2. The summed E-state index contributed by atoms with van der Waals surface area (Å²) in [6, 6.07) is 19.3. The van der Waals surface area contributed by atoms with E-state index in [1.807, 2.05) is 0 Å². The van der Waals surface area contributed by atoms with Crippen LogP contribution >= 0.6 is 0 Å². The fraction of sp³-hybridized carbons (Fsp3) is 0.536. The maximum absolute atomic E-state index is 13.9. The van der Waals surface area contributed by atoms with Crippen molar-refractivity contribution in [3.63, 3.8) is 0 Å². The number of hydrogen-bond acceptors (Lipinski definition) is 3. The minimum absolute atomic E-state index is 0.191. The highest BCUT2D eigenvalue weighted by atomic mass is 16.2. The predicted octanol–water partition coefficient (Wildman–Crippen LogP) is 4.77. The van der Waals surface area contributed by atoms with Gasteiger partial charge in [0.25, 0.3) is 0 Å². The van der Waals surface area contributed by atoms with Gasteiger partial charge in [-0.25, -0.2) is 0 Å². The minimum Gasteiger partial charge on any atom is -0.338 e. The van der Waals surface area contributed by atoms with E-state index in [0.29, 0.717) is 24.4 Å². The molecular formula is C28H39N3O. The Balaban J connectivity index is 1.47. The Hall–Kier alpha value is -2.17. The van der Waals surface area contributed by atoms with Crippen LogP contribution in [0.3, 0.4) is 0 Å². The molecule has 0 spiro atoms. The SMILES string of the molecule is Cc1ccccc1CN[C@H](CN(C)Cc1ccccc1)C(=O)N1CCC[C@H]2CCCC[C@@H]21. The van der Waals surface area contributed by atoms with Gasteiger partial charge in [-0.05, 0) is 62.3 Å². The van der Waals surface area contributed by atoms with Gasteiger partial charge in [0.2, 0.25) is 5.91 Å². The molecule has 2 aromatic rings. The quantitative estimate of drug-likeness (QED) is 0.652. The van der Waals surface area contributed by atoms with Crippen molar-refractivity contribution in [2.45, 2.75) is 70.6 Å². The van der Waals surface area contributed by atoms with E-state index in [4.69, 9.17) is 0 Å². The summed E-state index contributed by atoms with van der Waals surface area (Å²) in [4.78, 5) is 18.4. The topological polar surface area (TPSA) is 35.6 Å². The molecule has 1 amide bonds. The van der Waals surface area contributed by atoms with Gasteiger partial charge in [0.15, 0.2) is 0 Å². The summed E-state index contributed by atoms with van der Waals surface area (Å²) < 4.78 is 0. The number of carbonyl (C=O) groups is 1. The van der Waals surface area contributed by atoms with Crippen LogP contribution in [0.25, 0.3) is 0 Å². The molecule has 0 bridgehead atoms. The lowest BCUT2D eigenvalue weighted by Gasteiger charge is -2.45. The van der Waals surface area contributed by atoms with E-state index >= 15 is 0 Å². The van der Waals surface area contributed by atoms with Crippen molar-refractivity contribution in [2.24, 2.45) is 5.92 Å². The van der Waals surface area contributed by atoms with Crippen molar-refractivity contribution in [1.29, 1.82) is 0 Å². The van der Waals surface area contributed by atoms with Crippen LogP contribution in [0.1, 0.15) is 55.2 Å². The number of rotatable bonds is 8. The summed E-state index contributed by atoms with van der Waals surface area (Å²) in [7, 11) is 2.13. The minimum atomic E-state index is -0.191. The molecule has 1 aliphatic carbocycles. The van der Waals surface area contributed by atoms with Crippen LogP contribution < -0.4 is 5.32 Å². The second-order valence-electron chi connectivity index (χ2n) is 9.83. The molecule has 1 heterocycles. The first-order chi connectivity index (χ1) is 15.6. The molecule has 172 valence electrons. The lowest BCUT2D eigenvalue weighted by atomic mass is 9.78. The summed E-state index contributed by atoms with van der Waals surface area (Å²) in [6.45, 7) is 5.36. The molecule has 2 aromatic carbocycles. The summed E-state index contributed by atoms with van der Waals surface area (Å²) in [5.41, 5.74) is 3.82. The van der Waals surface area contributed by atoms with Crippen LogP contribution in [0.15, 0.2) is 54.6 Å². The number of likely N-dealkylation sites (tertiary alicyclic amines) is 1. The van der Waals surface area contributed by atoms with Crippen molar-refractivity contribution in [1.82, 2.24) is 15.1 Å². The smallest absolute Gasteiger partial charge is 0.241 e. The van der Waals surface area contributed by atoms with E-state index < -0.39 is 0 Å². The van der Waals surface area contributed by atoms with E-state index in [2.05, 4.69) is 83.7 Å². The van der Waals surface area contributed by atoms with Gasteiger partial charge in [-0.3, -0.25) is 4.79 Å². The summed E-state index contributed by atoms with van der Waals surface area (Å²) in [5.74, 6) is 1.01. The average molecular weight is 434 g/mol. The van der Waals surface area contributed by atoms with Crippen LogP contribution in [0.5, 0.6) is 0 Å². The Kier molecular flexibility index (Phi) is 7.99. The number of fused-ring (bicyclic) bond motifs is 1. The fourth-order valence-electron chi connectivity index (χ4n) is 5.64. The molecule has 2 fully saturated rings. The van der Waals surface area contributed by atoms with Gasteiger partial charge < -0.3 is 15.1 Å². The fourth-order valence-corrected chi connectivity index (χ4v) is 5.64. The second kappa shape index (κ2) is 11.1. The number of likely N-dealkylation sites (N-methyl/N-ethyl adjacent to an activating group) is 1. The Morgan fingerprint density at radius 1 is 1.03 bits per heavy atom. The zero-order valence-electron chi connectivity index (χ0n) is 19.8. The molecule has 1 saturated heterocycles. The Morgan fingerprint density at radius 2 is 1.75 bits per heavy atom. The zero-order chi connectivity index (χ0) is 22.3. The number of carbonyl (C=O) groups excluding carboxylic acids is 1.